The number of pyridine rings is 2. The van der Waals surface area contributed by atoms with Crippen molar-refractivity contribution in [1.29, 1.82) is 0 Å². The second-order valence-electron chi connectivity index (χ2n) is 11.4. The molecule has 1 aromatic carbocycles. The SMILES string of the molecule is CC1COc2c(N3CCN(C)CC3)c(F)cc3c(=O)c(C(=O)NCCCNC(=O)CCc4nc(-c5ccncc5)no4)cn1c23. The first-order valence-electron chi connectivity index (χ1n) is 15.1. The van der Waals surface area contributed by atoms with Crippen LogP contribution in [0.25, 0.3) is 22.3 Å². The molecule has 1 saturated heterocycles. The van der Waals surface area contributed by atoms with Crippen LogP contribution in [0.15, 0.2) is 46.1 Å². The number of aromatic nitrogens is 4. The summed E-state index contributed by atoms with van der Waals surface area (Å²) >= 11 is 0. The van der Waals surface area contributed by atoms with Crippen molar-refractivity contribution in [2.24, 2.45) is 0 Å². The highest BCUT2D eigenvalue weighted by Crippen LogP contribution is 2.42. The van der Waals surface area contributed by atoms with E-state index in [-0.39, 0.29) is 48.9 Å². The molecule has 6 rings (SSSR count). The Bertz CT molecular complexity index is 1770. The van der Waals surface area contributed by atoms with Gasteiger partial charge in [-0.3, -0.25) is 19.4 Å². The number of rotatable bonds is 10. The van der Waals surface area contributed by atoms with E-state index in [1.54, 1.807) is 30.7 Å². The zero-order chi connectivity index (χ0) is 31.5. The van der Waals surface area contributed by atoms with Gasteiger partial charge in [0.2, 0.25) is 23.1 Å². The molecule has 2 aliphatic heterocycles. The maximum atomic E-state index is 15.6. The van der Waals surface area contributed by atoms with Crippen LogP contribution in [0.2, 0.25) is 0 Å². The number of nitrogens with zero attached hydrogens (tertiary/aromatic N) is 6. The summed E-state index contributed by atoms with van der Waals surface area (Å²) in [5.74, 6) is -0.150. The van der Waals surface area contributed by atoms with Crippen LogP contribution in [0.4, 0.5) is 10.1 Å². The quantitative estimate of drug-likeness (QED) is 0.254. The second-order valence-corrected chi connectivity index (χ2v) is 11.4. The van der Waals surface area contributed by atoms with E-state index in [0.717, 1.165) is 18.7 Å². The number of carbonyl (C=O) groups is 2. The lowest BCUT2D eigenvalue weighted by atomic mass is 10.0. The van der Waals surface area contributed by atoms with E-state index in [1.165, 1.54) is 6.07 Å². The van der Waals surface area contributed by atoms with Crippen LogP contribution in [0.3, 0.4) is 0 Å². The van der Waals surface area contributed by atoms with Gasteiger partial charge < -0.3 is 34.3 Å². The number of benzene rings is 1. The Morgan fingerprint density at radius 2 is 1.87 bits per heavy atom. The van der Waals surface area contributed by atoms with Crippen LogP contribution < -0.4 is 25.7 Å². The fraction of sp³-hybridized carbons (Fsp3) is 0.419. The molecular formula is C31H35FN8O5. The van der Waals surface area contributed by atoms with Gasteiger partial charge in [0.05, 0.1) is 16.9 Å². The summed E-state index contributed by atoms with van der Waals surface area (Å²) in [5.41, 5.74) is 1.02. The maximum absolute atomic E-state index is 15.6. The largest absolute Gasteiger partial charge is 0.487 e. The Kier molecular flexibility index (Phi) is 8.74. The summed E-state index contributed by atoms with van der Waals surface area (Å²) < 4.78 is 28.6. The van der Waals surface area contributed by atoms with E-state index in [1.807, 2.05) is 23.4 Å². The van der Waals surface area contributed by atoms with Crippen LogP contribution in [0.1, 0.15) is 42.1 Å². The molecule has 2 N–H and O–H groups in total. The Balaban J connectivity index is 1.05. The lowest BCUT2D eigenvalue weighted by Gasteiger charge is -2.37. The monoisotopic (exact) mass is 618 g/mol. The van der Waals surface area contributed by atoms with Gasteiger partial charge >= 0.3 is 0 Å². The molecular weight excluding hydrogens is 583 g/mol. The number of carbonyl (C=O) groups excluding carboxylic acids is 2. The molecule has 236 valence electrons. The molecule has 0 radical (unpaired) electrons. The number of piperazine rings is 1. The van der Waals surface area contributed by atoms with Gasteiger partial charge in [0.15, 0.2) is 11.6 Å². The van der Waals surface area contributed by atoms with Crippen molar-refractivity contribution < 1.29 is 23.2 Å². The number of nitrogens with one attached hydrogen (secondary N) is 2. The lowest BCUT2D eigenvalue weighted by molar-refractivity contribution is -0.121. The van der Waals surface area contributed by atoms with Gasteiger partial charge in [0, 0.05) is 76.3 Å². The van der Waals surface area contributed by atoms with Crippen molar-refractivity contribution in [3.05, 3.63) is 64.3 Å². The molecule has 45 heavy (non-hydrogen) atoms. The Morgan fingerprint density at radius 3 is 2.64 bits per heavy atom. The van der Waals surface area contributed by atoms with E-state index in [4.69, 9.17) is 9.26 Å². The smallest absolute Gasteiger partial charge is 0.256 e. The van der Waals surface area contributed by atoms with E-state index in [0.29, 0.717) is 54.7 Å². The molecule has 1 atom stereocenters. The minimum absolute atomic E-state index is 0.0660. The lowest BCUT2D eigenvalue weighted by Crippen LogP contribution is -2.45. The van der Waals surface area contributed by atoms with E-state index in [2.05, 4.69) is 30.7 Å². The number of halogens is 1. The van der Waals surface area contributed by atoms with Crippen LogP contribution in [-0.2, 0) is 11.2 Å². The fourth-order valence-electron chi connectivity index (χ4n) is 5.60. The fourth-order valence-corrected chi connectivity index (χ4v) is 5.60. The first kappa shape index (κ1) is 30.2. The average Bonchev–Trinajstić information content (AvgIpc) is 3.52. The van der Waals surface area contributed by atoms with Gasteiger partial charge in [-0.05, 0) is 38.6 Å². The summed E-state index contributed by atoms with van der Waals surface area (Å²) in [6, 6.07) is 4.60. The van der Waals surface area contributed by atoms with Crippen molar-refractivity contribution in [2.75, 3.05) is 57.8 Å². The molecule has 3 aromatic heterocycles. The van der Waals surface area contributed by atoms with Crippen molar-refractivity contribution >= 4 is 28.4 Å². The third kappa shape index (κ3) is 6.36. The first-order chi connectivity index (χ1) is 21.8. The summed E-state index contributed by atoms with van der Waals surface area (Å²) in [6.07, 6.45) is 5.71. The maximum Gasteiger partial charge on any atom is 0.256 e. The van der Waals surface area contributed by atoms with Gasteiger partial charge in [0.25, 0.3) is 5.91 Å². The van der Waals surface area contributed by atoms with Gasteiger partial charge in [-0.25, -0.2) is 4.39 Å². The highest BCUT2D eigenvalue weighted by molar-refractivity contribution is 6.00. The topological polar surface area (TPSA) is 148 Å². The highest BCUT2D eigenvalue weighted by atomic mass is 19.1. The van der Waals surface area contributed by atoms with Crippen molar-refractivity contribution in [2.45, 2.75) is 32.2 Å². The average molecular weight is 619 g/mol. The van der Waals surface area contributed by atoms with Crippen LogP contribution >= 0.6 is 0 Å². The first-order valence-corrected chi connectivity index (χ1v) is 15.1. The summed E-state index contributed by atoms with van der Waals surface area (Å²) in [5, 5.41) is 9.60. The van der Waals surface area contributed by atoms with Gasteiger partial charge in [-0.15, -0.1) is 0 Å². The number of amides is 2. The molecule has 0 saturated carbocycles. The minimum Gasteiger partial charge on any atom is -0.487 e. The molecule has 1 unspecified atom stereocenters. The molecule has 14 heteroatoms. The molecule has 13 nitrogen and oxygen atoms in total. The summed E-state index contributed by atoms with van der Waals surface area (Å²) in [7, 11) is 2.02. The normalized spacial score (nSPS) is 16.4. The highest BCUT2D eigenvalue weighted by Gasteiger charge is 2.31. The van der Waals surface area contributed by atoms with Crippen LogP contribution in [0, 0.1) is 5.82 Å². The summed E-state index contributed by atoms with van der Waals surface area (Å²) in [4.78, 5) is 51.3. The standard InChI is InChI=1S/C31H35FN8O5/c1-19-18-44-29-26-21(16-23(32)27(29)39-14-12-38(2)13-15-39)28(42)22(17-40(19)26)31(43)35-9-3-8-34-24(41)4-5-25-36-30(37-45-25)20-6-10-33-11-7-20/h6-7,10-11,16-17,19H,3-5,8-9,12-15,18H2,1-2H3,(H,34,41)(H,35,43). The predicted octanol–water partition coefficient (Wildman–Crippen LogP) is 2.16. The van der Waals surface area contributed by atoms with E-state index >= 15 is 4.39 Å². The van der Waals surface area contributed by atoms with Crippen molar-refractivity contribution in [1.82, 2.24) is 35.2 Å². The van der Waals surface area contributed by atoms with Gasteiger partial charge in [-0.1, -0.05) is 5.16 Å². The molecule has 2 aliphatic rings. The Hall–Kier alpha value is -4.85. The molecule has 1 fully saturated rings. The van der Waals surface area contributed by atoms with Crippen molar-refractivity contribution in [3.63, 3.8) is 0 Å². The van der Waals surface area contributed by atoms with Gasteiger partial charge in [-0.2, -0.15) is 4.98 Å². The number of aryl methyl sites for hydroxylation is 1. The van der Waals surface area contributed by atoms with Gasteiger partial charge in [0.1, 0.15) is 17.9 Å². The zero-order valence-electron chi connectivity index (χ0n) is 25.2. The molecule has 2 amide bonds. The number of ether oxygens (including phenoxy) is 1. The number of hydrogen-bond donors (Lipinski definition) is 2. The number of anilines is 1. The molecule has 5 heterocycles. The third-order valence-corrected chi connectivity index (χ3v) is 8.14. The van der Waals surface area contributed by atoms with E-state index in [9.17, 15) is 14.4 Å². The Morgan fingerprint density at radius 1 is 1.11 bits per heavy atom. The van der Waals surface area contributed by atoms with Crippen LogP contribution in [0.5, 0.6) is 5.75 Å². The van der Waals surface area contributed by atoms with Crippen molar-refractivity contribution in [3.8, 4) is 17.1 Å². The molecule has 0 aliphatic carbocycles. The number of likely N-dealkylation sites (N-methyl/N-ethyl adjacent to an activating group) is 1. The molecule has 0 bridgehead atoms. The summed E-state index contributed by atoms with van der Waals surface area (Å²) in [6.45, 7) is 5.63. The molecule has 4 aromatic rings. The molecule has 0 spiro atoms. The second kappa shape index (κ2) is 13.0. The minimum atomic E-state index is -0.554. The van der Waals surface area contributed by atoms with E-state index < -0.39 is 17.2 Å². The Labute approximate surface area is 258 Å². The number of hydrogen-bond acceptors (Lipinski definition) is 10. The predicted molar refractivity (Wildman–Crippen MR) is 164 cm³/mol. The van der Waals surface area contributed by atoms with Crippen LogP contribution in [-0.4, -0.2) is 89.3 Å². The zero-order valence-corrected chi connectivity index (χ0v) is 25.2. The third-order valence-electron chi connectivity index (χ3n) is 8.14.